The Kier molecular flexibility index (Phi) is 2.15. The number of aryl methyl sites for hydroxylation is 1. The Morgan fingerprint density at radius 2 is 2.07 bits per heavy atom. The highest BCUT2D eigenvalue weighted by Crippen LogP contribution is 2.36. The summed E-state index contributed by atoms with van der Waals surface area (Å²) < 4.78 is 0. The Hall–Kier alpha value is -0.820. The topological polar surface area (TPSA) is 20.2 Å². The van der Waals surface area contributed by atoms with Crippen LogP contribution < -0.4 is 0 Å². The highest BCUT2D eigenvalue weighted by Gasteiger charge is 2.31. The minimum Gasteiger partial charge on any atom is -0.393 e. The van der Waals surface area contributed by atoms with Crippen LogP contribution in [0.2, 0.25) is 0 Å². The fourth-order valence-corrected chi connectivity index (χ4v) is 2.58. The summed E-state index contributed by atoms with van der Waals surface area (Å²) >= 11 is 0. The Balaban J connectivity index is 2.52. The van der Waals surface area contributed by atoms with Crippen LogP contribution >= 0.6 is 0 Å². The van der Waals surface area contributed by atoms with E-state index >= 15 is 0 Å². The molecule has 1 atom stereocenters. The second kappa shape index (κ2) is 3.09. The van der Waals surface area contributed by atoms with Gasteiger partial charge in [0.2, 0.25) is 0 Å². The molecule has 1 unspecified atom stereocenters. The van der Waals surface area contributed by atoms with E-state index in [9.17, 15) is 5.11 Å². The Labute approximate surface area is 85.8 Å². The summed E-state index contributed by atoms with van der Waals surface area (Å²) in [5, 5.41) is 9.78. The van der Waals surface area contributed by atoms with Gasteiger partial charge in [-0.15, -0.1) is 0 Å². The molecule has 0 amide bonds. The second-order valence-electron chi connectivity index (χ2n) is 5.11. The molecule has 0 radical (unpaired) electrons. The SMILES string of the molecule is Cc1ccc2c(c1)CC(O)CC2(C)C. The molecule has 0 aromatic heterocycles. The molecular formula is C13H18O. The van der Waals surface area contributed by atoms with E-state index < -0.39 is 0 Å². The van der Waals surface area contributed by atoms with Crippen LogP contribution in [0.5, 0.6) is 0 Å². The van der Waals surface area contributed by atoms with E-state index in [0.717, 1.165) is 12.8 Å². The van der Waals surface area contributed by atoms with Crippen LogP contribution in [0.3, 0.4) is 0 Å². The van der Waals surface area contributed by atoms with Gasteiger partial charge in [-0.05, 0) is 36.3 Å². The predicted octanol–water partition coefficient (Wildman–Crippen LogP) is 2.58. The van der Waals surface area contributed by atoms with Crippen molar-refractivity contribution in [3.8, 4) is 0 Å². The number of aliphatic hydroxyl groups is 1. The van der Waals surface area contributed by atoms with Crippen molar-refractivity contribution in [3.63, 3.8) is 0 Å². The van der Waals surface area contributed by atoms with E-state index in [-0.39, 0.29) is 11.5 Å². The van der Waals surface area contributed by atoms with Gasteiger partial charge in [-0.3, -0.25) is 0 Å². The molecule has 1 heteroatoms. The second-order valence-corrected chi connectivity index (χ2v) is 5.11. The molecule has 0 spiro atoms. The molecule has 1 aromatic rings. The first-order chi connectivity index (χ1) is 6.49. The molecule has 1 N–H and O–H groups in total. The number of benzene rings is 1. The van der Waals surface area contributed by atoms with Crippen molar-refractivity contribution in [2.24, 2.45) is 0 Å². The molecule has 76 valence electrons. The van der Waals surface area contributed by atoms with Gasteiger partial charge in [0, 0.05) is 0 Å². The summed E-state index contributed by atoms with van der Waals surface area (Å²) in [6.45, 7) is 6.53. The molecule has 1 aliphatic carbocycles. The van der Waals surface area contributed by atoms with Crippen LogP contribution in [0.25, 0.3) is 0 Å². The first-order valence-corrected chi connectivity index (χ1v) is 5.27. The van der Waals surface area contributed by atoms with E-state index in [4.69, 9.17) is 0 Å². The number of hydrogen-bond acceptors (Lipinski definition) is 1. The van der Waals surface area contributed by atoms with Crippen molar-refractivity contribution in [2.75, 3.05) is 0 Å². The first-order valence-electron chi connectivity index (χ1n) is 5.27. The monoisotopic (exact) mass is 190 g/mol. The fraction of sp³-hybridized carbons (Fsp3) is 0.538. The lowest BCUT2D eigenvalue weighted by atomic mass is 9.71. The highest BCUT2D eigenvalue weighted by atomic mass is 16.3. The Morgan fingerprint density at radius 1 is 1.36 bits per heavy atom. The molecule has 0 aliphatic heterocycles. The standard InChI is InChI=1S/C13H18O/c1-9-4-5-12-10(6-9)7-11(14)8-13(12,2)3/h4-6,11,14H,7-8H2,1-3H3. The van der Waals surface area contributed by atoms with Gasteiger partial charge >= 0.3 is 0 Å². The predicted molar refractivity (Wildman–Crippen MR) is 58.5 cm³/mol. The Morgan fingerprint density at radius 3 is 2.79 bits per heavy atom. The molecule has 1 nitrogen and oxygen atoms in total. The fourth-order valence-electron chi connectivity index (χ4n) is 2.58. The van der Waals surface area contributed by atoms with Crippen LogP contribution in [-0.2, 0) is 11.8 Å². The normalized spacial score (nSPS) is 24.4. The van der Waals surface area contributed by atoms with E-state index in [1.807, 2.05) is 0 Å². The van der Waals surface area contributed by atoms with Crippen molar-refractivity contribution >= 4 is 0 Å². The van der Waals surface area contributed by atoms with Gasteiger partial charge < -0.3 is 5.11 Å². The third kappa shape index (κ3) is 1.57. The van der Waals surface area contributed by atoms with Gasteiger partial charge in [-0.1, -0.05) is 37.6 Å². The maximum absolute atomic E-state index is 9.78. The number of fused-ring (bicyclic) bond motifs is 1. The molecule has 0 saturated carbocycles. The quantitative estimate of drug-likeness (QED) is 0.666. The zero-order chi connectivity index (χ0) is 10.3. The van der Waals surface area contributed by atoms with Crippen molar-refractivity contribution in [2.45, 2.75) is 45.1 Å². The third-order valence-electron chi connectivity index (χ3n) is 3.19. The van der Waals surface area contributed by atoms with Gasteiger partial charge in [0.25, 0.3) is 0 Å². The molecule has 1 aromatic carbocycles. The number of rotatable bonds is 0. The number of aliphatic hydroxyl groups excluding tert-OH is 1. The van der Waals surface area contributed by atoms with Crippen molar-refractivity contribution in [1.82, 2.24) is 0 Å². The molecule has 0 bridgehead atoms. The van der Waals surface area contributed by atoms with Crippen LogP contribution in [0.4, 0.5) is 0 Å². The van der Waals surface area contributed by atoms with Gasteiger partial charge in [0.15, 0.2) is 0 Å². The van der Waals surface area contributed by atoms with Gasteiger partial charge in [-0.2, -0.15) is 0 Å². The van der Waals surface area contributed by atoms with E-state index in [0.29, 0.717) is 0 Å². The summed E-state index contributed by atoms with van der Waals surface area (Å²) in [4.78, 5) is 0. The van der Waals surface area contributed by atoms with Crippen molar-refractivity contribution < 1.29 is 5.11 Å². The molecule has 0 heterocycles. The maximum Gasteiger partial charge on any atom is 0.0589 e. The summed E-state index contributed by atoms with van der Waals surface area (Å²) in [7, 11) is 0. The maximum atomic E-state index is 9.78. The van der Waals surface area contributed by atoms with Crippen LogP contribution in [-0.4, -0.2) is 11.2 Å². The summed E-state index contributed by atoms with van der Waals surface area (Å²) in [6.07, 6.45) is 1.53. The Bertz CT molecular complexity index is 352. The first kappa shape index (κ1) is 9.72. The van der Waals surface area contributed by atoms with Gasteiger partial charge in [0.1, 0.15) is 0 Å². The summed E-state index contributed by atoms with van der Waals surface area (Å²) in [6, 6.07) is 6.59. The largest absolute Gasteiger partial charge is 0.393 e. The molecule has 14 heavy (non-hydrogen) atoms. The lowest BCUT2D eigenvalue weighted by Crippen LogP contribution is -2.32. The van der Waals surface area contributed by atoms with Crippen molar-refractivity contribution in [3.05, 3.63) is 34.9 Å². The van der Waals surface area contributed by atoms with E-state index in [1.165, 1.54) is 16.7 Å². The summed E-state index contributed by atoms with van der Waals surface area (Å²) in [5.41, 5.74) is 4.15. The van der Waals surface area contributed by atoms with Gasteiger partial charge in [-0.25, -0.2) is 0 Å². The lowest BCUT2D eigenvalue weighted by molar-refractivity contribution is 0.128. The molecular weight excluding hydrogens is 172 g/mol. The average molecular weight is 190 g/mol. The minimum atomic E-state index is -0.167. The molecule has 2 rings (SSSR count). The van der Waals surface area contributed by atoms with E-state index in [1.54, 1.807) is 0 Å². The minimum absolute atomic E-state index is 0.126. The van der Waals surface area contributed by atoms with Crippen molar-refractivity contribution in [1.29, 1.82) is 0 Å². The van der Waals surface area contributed by atoms with Crippen LogP contribution in [0, 0.1) is 6.92 Å². The average Bonchev–Trinajstić information content (AvgIpc) is 2.00. The van der Waals surface area contributed by atoms with E-state index in [2.05, 4.69) is 39.0 Å². The zero-order valence-electron chi connectivity index (χ0n) is 9.17. The zero-order valence-corrected chi connectivity index (χ0v) is 9.17. The smallest absolute Gasteiger partial charge is 0.0589 e. The third-order valence-corrected chi connectivity index (χ3v) is 3.19. The lowest BCUT2D eigenvalue weighted by Gasteiger charge is -2.35. The van der Waals surface area contributed by atoms with Crippen LogP contribution in [0.1, 0.15) is 37.0 Å². The van der Waals surface area contributed by atoms with Gasteiger partial charge in [0.05, 0.1) is 6.10 Å². The summed E-state index contributed by atoms with van der Waals surface area (Å²) in [5.74, 6) is 0. The molecule has 1 aliphatic rings. The number of hydrogen-bond donors (Lipinski definition) is 1. The van der Waals surface area contributed by atoms with Crippen LogP contribution in [0.15, 0.2) is 18.2 Å². The molecule has 0 saturated heterocycles. The highest BCUT2D eigenvalue weighted by molar-refractivity contribution is 5.39. The molecule has 0 fully saturated rings.